The summed E-state index contributed by atoms with van der Waals surface area (Å²) >= 11 is 3.46. The van der Waals surface area contributed by atoms with Crippen LogP contribution in [0.1, 0.15) is 6.92 Å². The van der Waals surface area contributed by atoms with Crippen molar-refractivity contribution in [2.75, 3.05) is 43.0 Å². The summed E-state index contributed by atoms with van der Waals surface area (Å²) < 4.78 is 6.60. The Kier molecular flexibility index (Phi) is 5.81. The Bertz CT molecular complexity index is 730. The molecular formula is C19H22BrN3O2. The molecule has 2 aromatic carbocycles. The molecule has 0 unspecified atom stereocenters. The second-order valence-electron chi connectivity index (χ2n) is 5.78. The third-order valence-electron chi connectivity index (χ3n) is 4.19. The van der Waals surface area contributed by atoms with Gasteiger partial charge in [-0.3, -0.25) is 0 Å². The fourth-order valence-corrected chi connectivity index (χ4v) is 3.29. The zero-order valence-corrected chi connectivity index (χ0v) is 15.8. The predicted octanol–water partition coefficient (Wildman–Crippen LogP) is 4.20. The zero-order valence-electron chi connectivity index (χ0n) is 14.2. The summed E-state index contributed by atoms with van der Waals surface area (Å²) in [6.07, 6.45) is 0. The van der Waals surface area contributed by atoms with Crippen molar-refractivity contribution in [2.24, 2.45) is 0 Å². The van der Waals surface area contributed by atoms with E-state index in [1.54, 1.807) is 0 Å². The molecule has 0 radical (unpaired) electrons. The van der Waals surface area contributed by atoms with E-state index in [0.29, 0.717) is 19.7 Å². The lowest BCUT2D eigenvalue weighted by Gasteiger charge is -2.36. The molecule has 0 aromatic heterocycles. The van der Waals surface area contributed by atoms with Crippen molar-refractivity contribution in [1.29, 1.82) is 0 Å². The summed E-state index contributed by atoms with van der Waals surface area (Å²) in [6.45, 7) is 5.56. The van der Waals surface area contributed by atoms with E-state index >= 15 is 0 Å². The first-order valence-corrected chi connectivity index (χ1v) is 9.25. The van der Waals surface area contributed by atoms with Crippen molar-refractivity contribution in [3.05, 3.63) is 53.0 Å². The van der Waals surface area contributed by atoms with Crippen molar-refractivity contribution in [1.82, 2.24) is 4.90 Å². The molecule has 6 heteroatoms. The lowest BCUT2D eigenvalue weighted by molar-refractivity contribution is 0.208. The number of halogens is 1. The summed E-state index contributed by atoms with van der Waals surface area (Å²) in [5.41, 5.74) is 1.88. The van der Waals surface area contributed by atoms with Gasteiger partial charge in [0.25, 0.3) is 0 Å². The van der Waals surface area contributed by atoms with Crippen molar-refractivity contribution >= 4 is 33.3 Å². The van der Waals surface area contributed by atoms with E-state index in [2.05, 4.69) is 32.2 Å². The highest BCUT2D eigenvalue weighted by molar-refractivity contribution is 9.10. The number of anilines is 2. The van der Waals surface area contributed by atoms with Crippen LogP contribution in [0.4, 0.5) is 16.2 Å². The number of rotatable bonds is 4. The first-order chi connectivity index (χ1) is 12.2. The van der Waals surface area contributed by atoms with Gasteiger partial charge in [-0.25, -0.2) is 4.79 Å². The highest BCUT2D eigenvalue weighted by atomic mass is 79.9. The number of urea groups is 1. The van der Waals surface area contributed by atoms with Crippen LogP contribution in [0, 0.1) is 0 Å². The third-order valence-corrected chi connectivity index (χ3v) is 4.88. The van der Waals surface area contributed by atoms with Gasteiger partial charge in [0.15, 0.2) is 0 Å². The number of hydrogen-bond acceptors (Lipinski definition) is 3. The molecule has 0 atom stereocenters. The van der Waals surface area contributed by atoms with Gasteiger partial charge in [-0.1, -0.05) is 24.3 Å². The third kappa shape index (κ3) is 4.25. The molecule has 0 aliphatic carbocycles. The quantitative estimate of drug-likeness (QED) is 0.831. The lowest BCUT2D eigenvalue weighted by atomic mass is 10.2. The SMILES string of the molecule is CCOc1ccccc1N1CCN(C(=O)Nc2ccccc2Br)CC1. The molecule has 1 aliphatic rings. The van der Waals surface area contributed by atoms with Crippen molar-refractivity contribution in [3.8, 4) is 5.75 Å². The van der Waals surface area contributed by atoms with Crippen LogP contribution in [-0.2, 0) is 0 Å². The Hall–Kier alpha value is -2.21. The van der Waals surface area contributed by atoms with E-state index in [1.807, 2.05) is 54.3 Å². The van der Waals surface area contributed by atoms with Gasteiger partial charge in [0.05, 0.1) is 18.0 Å². The largest absolute Gasteiger partial charge is 0.492 e. The molecule has 2 amide bonds. The second kappa shape index (κ2) is 8.25. The summed E-state index contributed by atoms with van der Waals surface area (Å²) in [5, 5.41) is 2.96. The van der Waals surface area contributed by atoms with Gasteiger partial charge in [0.2, 0.25) is 0 Å². The number of amides is 2. The Morgan fingerprint density at radius 1 is 1.08 bits per heavy atom. The lowest BCUT2D eigenvalue weighted by Crippen LogP contribution is -2.50. The smallest absolute Gasteiger partial charge is 0.321 e. The van der Waals surface area contributed by atoms with Crippen LogP contribution in [0.3, 0.4) is 0 Å². The molecule has 25 heavy (non-hydrogen) atoms. The maximum absolute atomic E-state index is 12.5. The maximum Gasteiger partial charge on any atom is 0.321 e. The van der Waals surface area contributed by atoms with Gasteiger partial charge >= 0.3 is 6.03 Å². The summed E-state index contributed by atoms with van der Waals surface area (Å²) in [5.74, 6) is 0.899. The van der Waals surface area contributed by atoms with Gasteiger partial charge in [0.1, 0.15) is 5.75 Å². The summed E-state index contributed by atoms with van der Waals surface area (Å²) in [4.78, 5) is 16.6. The molecule has 132 valence electrons. The Labute approximate surface area is 156 Å². The highest BCUT2D eigenvalue weighted by Crippen LogP contribution is 2.29. The number of carbonyl (C=O) groups excluding carboxylic acids is 1. The number of benzene rings is 2. The minimum atomic E-state index is -0.0651. The fraction of sp³-hybridized carbons (Fsp3) is 0.316. The maximum atomic E-state index is 12.5. The molecule has 0 spiro atoms. The molecule has 1 heterocycles. The van der Waals surface area contributed by atoms with E-state index < -0.39 is 0 Å². The predicted molar refractivity (Wildman–Crippen MR) is 105 cm³/mol. The van der Waals surface area contributed by atoms with E-state index in [-0.39, 0.29) is 6.03 Å². The van der Waals surface area contributed by atoms with E-state index in [4.69, 9.17) is 4.74 Å². The van der Waals surface area contributed by atoms with Crippen LogP contribution in [0.5, 0.6) is 5.75 Å². The number of ether oxygens (including phenoxy) is 1. The van der Waals surface area contributed by atoms with Crippen molar-refractivity contribution in [2.45, 2.75) is 6.92 Å². The number of para-hydroxylation sites is 3. The molecule has 0 saturated carbocycles. The minimum absolute atomic E-state index is 0.0651. The number of piperazine rings is 1. The van der Waals surface area contributed by atoms with Crippen LogP contribution < -0.4 is 15.0 Å². The molecular weight excluding hydrogens is 382 g/mol. The first kappa shape index (κ1) is 17.6. The number of nitrogens with zero attached hydrogens (tertiary/aromatic N) is 2. The monoisotopic (exact) mass is 403 g/mol. The van der Waals surface area contributed by atoms with Gasteiger partial charge < -0.3 is 19.9 Å². The normalized spacial score (nSPS) is 14.3. The first-order valence-electron chi connectivity index (χ1n) is 8.46. The number of carbonyl (C=O) groups is 1. The molecule has 1 fully saturated rings. The number of hydrogen-bond donors (Lipinski definition) is 1. The van der Waals surface area contributed by atoms with Gasteiger partial charge in [0, 0.05) is 30.7 Å². The molecule has 1 N–H and O–H groups in total. The fourth-order valence-electron chi connectivity index (χ4n) is 2.90. The topological polar surface area (TPSA) is 44.8 Å². The van der Waals surface area contributed by atoms with Crippen LogP contribution in [0.2, 0.25) is 0 Å². The van der Waals surface area contributed by atoms with Gasteiger partial charge in [-0.2, -0.15) is 0 Å². The van der Waals surface area contributed by atoms with Crippen LogP contribution >= 0.6 is 15.9 Å². The Morgan fingerprint density at radius 2 is 1.76 bits per heavy atom. The average molecular weight is 404 g/mol. The van der Waals surface area contributed by atoms with Gasteiger partial charge in [-0.15, -0.1) is 0 Å². The van der Waals surface area contributed by atoms with Gasteiger partial charge in [-0.05, 0) is 47.1 Å². The second-order valence-corrected chi connectivity index (χ2v) is 6.64. The molecule has 1 aliphatic heterocycles. The van der Waals surface area contributed by atoms with Crippen LogP contribution in [0.25, 0.3) is 0 Å². The average Bonchev–Trinajstić information content (AvgIpc) is 2.64. The standard InChI is InChI=1S/C19H22BrN3O2/c1-2-25-18-10-6-5-9-17(18)22-11-13-23(14-12-22)19(24)21-16-8-4-3-7-15(16)20/h3-10H,2,11-14H2,1H3,(H,21,24). The highest BCUT2D eigenvalue weighted by Gasteiger charge is 2.23. The summed E-state index contributed by atoms with van der Waals surface area (Å²) in [6, 6.07) is 15.6. The molecule has 5 nitrogen and oxygen atoms in total. The van der Waals surface area contributed by atoms with Crippen LogP contribution in [-0.4, -0.2) is 43.7 Å². The molecule has 1 saturated heterocycles. The van der Waals surface area contributed by atoms with E-state index in [0.717, 1.165) is 34.7 Å². The molecule has 2 aromatic rings. The Morgan fingerprint density at radius 3 is 2.48 bits per heavy atom. The van der Waals surface area contributed by atoms with Crippen molar-refractivity contribution < 1.29 is 9.53 Å². The molecule has 3 rings (SSSR count). The Balaban J connectivity index is 1.60. The molecule has 0 bridgehead atoms. The van der Waals surface area contributed by atoms with E-state index in [1.165, 1.54) is 0 Å². The van der Waals surface area contributed by atoms with E-state index in [9.17, 15) is 4.79 Å². The van der Waals surface area contributed by atoms with Crippen LogP contribution in [0.15, 0.2) is 53.0 Å². The minimum Gasteiger partial charge on any atom is -0.492 e. The van der Waals surface area contributed by atoms with Crippen molar-refractivity contribution in [3.63, 3.8) is 0 Å². The summed E-state index contributed by atoms with van der Waals surface area (Å²) in [7, 11) is 0. The number of nitrogens with one attached hydrogen (secondary N) is 1. The zero-order chi connectivity index (χ0) is 17.6.